The van der Waals surface area contributed by atoms with Gasteiger partial charge in [-0.05, 0) is 37.8 Å². The summed E-state index contributed by atoms with van der Waals surface area (Å²) in [7, 11) is 0. The maximum Gasteiger partial charge on any atom is 0.317 e. The Morgan fingerprint density at radius 2 is 2.14 bits per heavy atom. The molecule has 3 aliphatic heterocycles. The number of nitrogens with one attached hydrogen (secondary N) is 1. The molecule has 0 bridgehead atoms. The molecule has 0 aliphatic carbocycles. The van der Waals surface area contributed by atoms with Gasteiger partial charge in [-0.25, -0.2) is 4.79 Å². The lowest BCUT2D eigenvalue weighted by Gasteiger charge is -2.43. The second kappa shape index (κ2) is 6.61. The molecule has 7 nitrogen and oxygen atoms in total. The number of amides is 2. The Morgan fingerprint density at radius 1 is 1.39 bits per heavy atom. The minimum atomic E-state index is -0.651. The molecule has 8 heteroatoms. The number of ether oxygens (including phenoxy) is 1. The lowest BCUT2D eigenvalue weighted by molar-refractivity contribution is -0.0304. The number of carbonyl (C=O) groups excluding carboxylic acids is 1. The average Bonchev–Trinajstić information content (AvgIpc) is 3.17. The van der Waals surface area contributed by atoms with Crippen LogP contribution in [0.25, 0.3) is 10.9 Å². The van der Waals surface area contributed by atoms with Crippen molar-refractivity contribution in [2.24, 2.45) is 11.8 Å². The van der Waals surface area contributed by atoms with Crippen molar-refractivity contribution in [3.63, 3.8) is 0 Å². The van der Waals surface area contributed by atoms with Gasteiger partial charge in [-0.1, -0.05) is 11.6 Å². The largest absolute Gasteiger partial charge is 0.386 e. The Morgan fingerprint density at radius 3 is 2.82 bits per heavy atom. The molecule has 1 unspecified atom stereocenters. The van der Waals surface area contributed by atoms with Crippen LogP contribution in [0.1, 0.15) is 31.4 Å². The van der Waals surface area contributed by atoms with E-state index >= 15 is 0 Å². The van der Waals surface area contributed by atoms with Crippen LogP contribution in [0.3, 0.4) is 0 Å². The van der Waals surface area contributed by atoms with Gasteiger partial charge in [0.05, 0.1) is 30.5 Å². The molecule has 3 aliphatic rings. The highest BCUT2D eigenvalue weighted by atomic mass is 35.5. The number of carbonyl (C=O) groups is 1. The van der Waals surface area contributed by atoms with Gasteiger partial charge in [-0.15, -0.1) is 0 Å². The fourth-order valence-corrected chi connectivity index (χ4v) is 5.21. The summed E-state index contributed by atoms with van der Waals surface area (Å²) in [6.07, 6.45) is 2.83. The Balaban J connectivity index is 1.30. The van der Waals surface area contributed by atoms with Gasteiger partial charge >= 0.3 is 6.03 Å². The molecular formula is C20H25ClN4O3. The zero-order valence-corrected chi connectivity index (χ0v) is 16.7. The molecule has 0 spiro atoms. The second-order valence-corrected chi connectivity index (χ2v) is 8.90. The molecule has 4 heterocycles. The topological polar surface area (TPSA) is 79.6 Å². The van der Waals surface area contributed by atoms with Gasteiger partial charge in [0.1, 0.15) is 6.10 Å². The maximum atomic E-state index is 12.4. The molecule has 2 atom stereocenters. The Kier molecular flexibility index (Phi) is 4.30. The van der Waals surface area contributed by atoms with Crippen molar-refractivity contribution in [2.45, 2.75) is 31.4 Å². The van der Waals surface area contributed by atoms with E-state index in [1.54, 1.807) is 0 Å². The summed E-state index contributed by atoms with van der Waals surface area (Å²) in [6.45, 7) is 5.59. The first-order chi connectivity index (χ1) is 13.5. The minimum absolute atomic E-state index is 0.000906. The molecule has 1 aromatic carbocycles. The number of likely N-dealkylation sites (tertiary alicyclic amines) is 1. The molecule has 5 rings (SSSR count). The highest BCUT2D eigenvalue weighted by molar-refractivity contribution is 6.31. The summed E-state index contributed by atoms with van der Waals surface area (Å²) in [6, 6.07) is 3.74. The third-order valence-electron chi connectivity index (χ3n) is 6.82. The third-order valence-corrected chi connectivity index (χ3v) is 7.04. The van der Waals surface area contributed by atoms with Crippen molar-refractivity contribution in [2.75, 3.05) is 32.8 Å². The van der Waals surface area contributed by atoms with E-state index in [9.17, 15) is 9.90 Å². The van der Waals surface area contributed by atoms with Gasteiger partial charge in [0.2, 0.25) is 0 Å². The summed E-state index contributed by atoms with van der Waals surface area (Å²) < 4.78 is 7.13. The SMILES string of the molecule is CC1(C2CCN(C(=O)NCC3COC3)CC2)[C@H](O)c2cc(Cl)cc3cnn1c23. The molecule has 2 N–H and O–H groups in total. The van der Waals surface area contributed by atoms with Crippen LogP contribution in [0.4, 0.5) is 4.79 Å². The van der Waals surface area contributed by atoms with Gasteiger partial charge in [0.15, 0.2) is 0 Å². The van der Waals surface area contributed by atoms with Gasteiger partial charge in [-0.3, -0.25) is 4.68 Å². The fraction of sp³-hybridized carbons (Fsp3) is 0.600. The van der Waals surface area contributed by atoms with Gasteiger partial charge in [-0.2, -0.15) is 5.10 Å². The molecule has 2 aromatic rings. The summed E-state index contributed by atoms with van der Waals surface area (Å²) in [5, 5.41) is 20.4. The number of aliphatic hydroxyl groups excluding tert-OH is 1. The predicted octanol–water partition coefficient (Wildman–Crippen LogP) is 2.52. The molecule has 2 amide bonds. The first-order valence-corrected chi connectivity index (χ1v) is 10.3. The zero-order chi connectivity index (χ0) is 19.5. The van der Waals surface area contributed by atoms with E-state index in [0.717, 1.165) is 42.5 Å². The van der Waals surface area contributed by atoms with E-state index < -0.39 is 11.6 Å². The van der Waals surface area contributed by atoms with Crippen LogP contribution < -0.4 is 5.32 Å². The molecule has 150 valence electrons. The Labute approximate surface area is 168 Å². The standard InChI is InChI=1S/C20H25ClN4O3/c1-20(18(26)16-7-15(21)6-13-9-23-25(20)17(13)16)14-2-4-24(5-3-14)19(27)22-8-12-10-28-11-12/h6-7,9,12,14,18,26H,2-5,8,10-11H2,1H3,(H,22,27)/t18-,20?/m1/s1. The molecular weight excluding hydrogens is 380 g/mol. The average molecular weight is 405 g/mol. The first kappa shape index (κ1) is 18.2. The Hall–Kier alpha value is -1.83. The molecule has 0 radical (unpaired) electrons. The summed E-state index contributed by atoms with van der Waals surface area (Å²) in [5.41, 5.74) is 1.30. The molecule has 2 saturated heterocycles. The number of nitrogens with zero attached hydrogens (tertiary/aromatic N) is 3. The fourth-order valence-electron chi connectivity index (χ4n) is 4.98. The van der Waals surface area contributed by atoms with Crippen LogP contribution in [-0.4, -0.2) is 58.7 Å². The van der Waals surface area contributed by atoms with Crippen LogP contribution in [-0.2, 0) is 10.3 Å². The third kappa shape index (κ3) is 2.64. The van der Waals surface area contributed by atoms with Crippen LogP contribution >= 0.6 is 11.6 Å². The van der Waals surface area contributed by atoms with Crippen LogP contribution in [0.15, 0.2) is 18.3 Å². The quantitative estimate of drug-likeness (QED) is 0.823. The normalized spacial score (nSPS) is 28.0. The predicted molar refractivity (Wildman–Crippen MR) is 105 cm³/mol. The van der Waals surface area contributed by atoms with Crippen molar-refractivity contribution in [3.8, 4) is 0 Å². The van der Waals surface area contributed by atoms with Crippen molar-refractivity contribution in [3.05, 3.63) is 28.9 Å². The zero-order valence-electron chi connectivity index (χ0n) is 15.9. The number of hydrogen-bond acceptors (Lipinski definition) is 4. The van der Waals surface area contributed by atoms with E-state index in [0.29, 0.717) is 30.6 Å². The highest BCUT2D eigenvalue weighted by Gasteiger charge is 2.50. The van der Waals surface area contributed by atoms with Crippen molar-refractivity contribution in [1.82, 2.24) is 20.0 Å². The number of benzene rings is 1. The second-order valence-electron chi connectivity index (χ2n) is 8.47. The van der Waals surface area contributed by atoms with Gasteiger partial charge < -0.3 is 20.1 Å². The van der Waals surface area contributed by atoms with E-state index in [-0.39, 0.29) is 11.9 Å². The molecule has 2 fully saturated rings. The molecule has 28 heavy (non-hydrogen) atoms. The first-order valence-electron chi connectivity index (χ1n) is 9.94. The Bertz CT molecular complexity index is 920. The van der Waals surface area contributed by atoms with Crippen molar-refractivity contribution in [1.29, 1.82) is 0 Å². The number of urea groups is 1. The van der Waals surface area contributed by atoms with Crippen LogP contribution in [0.2, 0.25) is 5.02 Å². The maximum absolute atomic E-state index is 12.4. The van der Waals surface area contributed by atoms with Crippen LogP contribution in [0, 0.1) is 11.8 Å². The summed E-state index contributed by atoms with van der Waals surface area (Å²) in [5.74, 6) is 0.669. The summed E-state index contributed by atoms with van der Waals surface area (Å²) in [4.78, 5) is 14.3. The number of aromatic nitrogens is 2. The molecule has 1 aromatic heterocycles. The van der Waals surface area contributed by atoms with Crippen molar-refractivity contribution >= 4 is 28.5 Å². The minimum Gasteiger partial charge on any atom is -0.386 e. The van der Waals surface area contributed by atoms with Gasteiger partial charge in [0.25, 0.3) is 0 Å². The lowest BCUT2D eigenvalue weighted by Crippen LogP contribution is -2.51. The van der Waals surface area contributed by atoms with Crippen molar-refractivity contribution < 1.29 is 14.6 Å². The van der Waals surface area contributed by atoms with E-state index in [1.807, 2.05) is 27.9 Å². The number of halogens is 1. The van der Waals surface area contributed by atoms with E-state index in [1.165, 1.54) is 0 Å². The lowest BCUT2D eigenvalue weighted by atomic mass is 9.75. The number of rotatable bonds is 3. The monoisotopic (exact) mass is 404 g/mol. The number of aliphatic hydroxyl groups is 1. The van der Waals surface area contributed by atoms with Gasteiger partial charge in [0, 0.05) is 41.5 Å². The van der Waals surface area contributed by atoms with E-state index in [4.69, 9.17) is 16.3 Å². The number of hydrogen-bond donors (Lipinski definition) is 2. The molecule has 0 saturated carbocycles. The van der Waals surface area contributed by atoms with Crippen LogP contribution in [0.5, 0.6) is 0 Å². The summed E-state index contributed by atoms with van der Waals surface area (Å²) >= 11 is 6.24. The highest BCUT2D eigenvalue weighted by Crippen LogP contribution is 2.51. The smallest absolute Gasteiger partial charge is 0.317 e. The van der Waals surface area contributed by atoms with E-state index in [2.05, 4.69) is 17.3 Å². The number of piperidine rings is 1.